The quantitative estimate of drug-likeness (QED) is 0.550. The highest BCUT2D eigenvalue weighted by atomic mass is 35.5. The molecule has 2 amide bonds. The number of nitro groups is 1. The number of nitrogens with zero attached hydrogens (tertiary/aromatic N) is 2. The van der Waals surface area contributed by atoms with E-state index in [1.807, 2.05) is 0 Å². The maximum absolute atomic E-state index is 12.1. The van der Waals surface area contributed by atoms with Gasteiger partial charge in [-0.3, -0.25) is 19.7 Å². The van der Waals surface area contributed by atoms with E-state index in [9.17, 15) is 19.7 Å². The number of hydrogen-bond acceptors (Lipinski definition) is 5. The van der Waals surface area contributed by atoms with E-state index < -0.39 is 10.8 Å². The van der Waals surface area contributed by atoms with E-state index in [0.717, 1.165) is 6.07 Å². The van der Waals surface area contributed by atoms with Crippen molar-refractivity contribution in [3.8, 4) is 5.75 Å². The molecule has 0 bridgehead atoms. The monoisotopic (exact) mass is 391 g/mol. The molecule has 9 heteroatoms. The molecule has 0 aromatic heterocycles. The van der Waals surface area contributed by atoms with Crippen molar-refractivity contribution in [2.24, 2.45) is 0 Å². The van der Waals surface area contributed by atoms with Gasteiger partial charge in [-0.1, -0.05) is 29.8 Å². The lowest BCUT2D eigenvalue weighted by atomic mass is 10.2. The molecule has 0 radical (unpaired) electrons. The summed E-state index contributed by atoms with van der Waals surface area (Å²) in [5, 5.41) is 13.7. The predicted octanol–water partition coefficient (Wildman–Crippen LogP) is 2.52. The topological polar surface area (TPSA) is 102 Å². The number of carbonyl (C=O) groups is 2. The van der Waals surface area contributed by atoms with Gasteiger partial charge in [0.05, 0.1) is 23.0 Å². The lowest BCUT2D eigenvalue weighted by molar-refractivity contribution is -0.384. The molecule has 0 atom stereocenters. The van der Waals surface area contributed by atoms with Crippen LogP contribution in [0.4, 0.5) is 5.69 Å². The maximum Gasteiger partial charge on any atom is 0.270 e. The van der Waals surface area contributed by atoms with Gasteiger partial charge < -0.3 is 15.0 Å². The minimum Gasteiger partial charge on any atom is -0.490 e. The molecule has 0 aliphatic heterocycles. The summed E-state index contributed by atoms with van der Waals surface area (Å²) < 4.78 is 5.51. The van der Waals surface area contributed by atoms with Crippen LogP contribution < -0.4 is 10.1 Å². The van der Waals surface area contributed by atoms with Crippen LogP contribution in [0, 0.1) is 10.1 Å². The molecule has 0 heterocycles. The summed E-state index contributed by atoms with van der Waals surface area (Å²) in [5.74, 6) is -0.358. The Hall–Kier alpha value is -3.13. The summed E-state index contributed by atoms with van der Waals surface area (Å²) in [4.78, 5) is 35.7. The van der Waals surface area contributed by atoms with Crippen LogP contribution in [0.3, 0.4) is 0 Å². The number of likely N-dealkylation sites (N-methyl/N-ethyl adjacent to an activating group) is 1. The van der Waals surface area contributed by atoms with E-state index in [1.54, 1.807) is 31.3 Å². The number of non-ortho nitro benzene ring substituents is 1. The lowest BCUT2D eigenvalue weighted by Crippen LogP contribution is -2.39. The molecule has 0 aliphatic rings. The van der Waals surface area contributed by atoms with Crippen LogP contribution in [0.5, 0.6) is 5.75 Å². The Morgan fingerprint density at radius 1 is 1.22 bits per heavy atom. The van der Waals surface area contributed by atoms with Gasteiger partial charge in [0.25, 0.3) is 11.6 Å². The van der Waals surface area contributed by atoms with E-state index in [0.29, 0.717) is 17.3 Å². The molecule has 0 saturated carbocycles. The summed E-state index contributed by atoms with van der Waals surface area (Å²) in [6, 6.07) is 12.3. The zero-order valence-corrected chi connectivity index (χ0v) is 15.3. The van der Waals surface area contributed by atoms with Crippen LogP contribution in [0.25, 0.3) is 0 Å². The number of benzene rings is 2. The molecule has 0 aliphatic carbocycles. The van der Waals surface area contributed by atoms with Crippen molar-refractivity contribution in [3.05, 3.63) is 69.2 Å². The highest BCUT2D eigenvalue weighted by Gasteiger charge is 2.14. The van der Waals surface area contributed by atoms with Crippen molar-refractivity contribution in [1.29, 1.82) is 0 Å². The van der Waals surface area contributed by atoms with Crippen molar-refractivity contribution < 1.29 is 19.2 Å². The number of nitro benzene ring substituents is 1. The second-order valence-corrected chi connectivity index (χ2v) is 5.99. The number of hydrogen-bond donors (Lipinski definition) is 1. The summed E-state index contributed by atoms with van der Waals surface area (Å²) in [6.07, 6.45) is 0. The number of para-hydroxylation sites is 1. The third-order valence-electron chi connectivity index (χ3n) is 3.67. The van der Waals surface area contributed by atoms with Crippen molar-refractivity contribution in [3.63, 3.8) is 0 Å². The number of carbonyl (C=O) groups excluding carboxylic acids is 2. The number of amides is 2. The molecule has 0 fully saturated rings. The third-order valence-corrected chi connectivity index (χ3v) is 3.98. The van der Waals surface area contributed by atoms with Gasteiger partial charge in [0.2, 0.25) is 5.91 Å². The Morgan fingerprint density at radius 3 is 2.67 bits per heavy atom. The second-order valence-electron chi connectivity index (χ2n) is 5.58. The van der Waals surface area contributed by atoms with E-state index in [-0.39, 0.29) is 30.3 Å². The first-order valence-electron chi connectivity index (χ1n) is 8.02. The Morgan fingerprint density at radius 2 is 1.96 bits per heavy atom. The van der Waals surface area contributed by atoms with Crippen LogP contribution >= 0.6 is 11.6 Å². The lowest BCUT2D eigenvalue weighted by Gasteiger charge is -2.18. The van der Waals surface area contributed by atoms with Gasteiger partial charge in [-0.2, -0.15) is 0 Å². The largest absolute Gasteiger partial charge is 0.490 e. The highest BCUT2D eigenvalue weighted by Crippen LogP contribution is 2.22. The molecule has 0 spiro atoms. The molecule has 8 nitrogen and oxygen atoms in total. The molecule has 0 saturated heterocycles. The normalized spacial score (nSPS) is 10.1. The van der Waals surface area contributed by atoms with Crippen LogP contribution in [0.2, 0.25) is 5.02 Å². The first-order valence-corrected chi connectivity index (χ1v) is 8.40. The predicted molar refractivity (Wildman–Crippen MR) is 100 cm³/mol. The molecule has 0 unspecified atom stereocenters. The van der Waals surface area contributed by atoms with Gasteiger partial charge in [-0.05, 0) is 18.2 Å². The van der Waals surface area contributed by atoms with Crippen molar-refractivity contribution in [2.75, 3.05) is 26.7 Å². The Labute approximate surface area is 160 Å². The molecular formula is C18H18ClN3O5. The zero-order chi connectivity index (χ0) is 19.8. The van der Waals surface area contributed by atoms with E-state index >= 15 is 0 Å². The molecule has 2 aromatic carbocycles. The van der Waals surface area contributed by atoms with Crippen LogP contribution in [0.1, 0.15) is 10.4 Å². The zero-order valence-electron chi connectivity index (χ0n) is 14.6. The van der Waals surface area contributed by atoms with Crippen LogP contribution in [-0.4, -0.2) is 48.4 Å². The smallest absolute Gasteiger partial charge is 0.270 e. The van der Waals surface area contributed by atoms with Gasteiger partial charge in [0.15, 0.2) is 0 Å². The summed E-state index contributed by atoms with van der Waals surface area (Å²) >= 11 is 5.98. The molecule has 1 N–H and O–H groups in total. The Kier molecular flexibility index (Phi) is 7.13. The molecule has 2 rings (SSSR count). The standard InChI is InChI=1S/C18H18ClN3O5/c1-21(9-10-27-16-8-3-2-7-15(16)19)17(23)12-20-18(24)13-5-4-6-14(11-13)22(25)26/h2-8,11H,9-10,12H2,1H3,(H,20,24). The van der Waals surface area contributed by atoms with E-state index in [2.05, 4.69) is 5.32 Å². The maximum atomic E-state index is 12.1. The number of nitrogens with one attached hydrogen (secondary N) is 1. The average Bonchev–Trinajstić information content (AvgIpc) is 2.67. The minimum atomic E-state index is -0.589. The highest BCUT2D eigenvalue weighted by molar-refractivity contribution is 6.32. The fourth-order valence-corrected chi connectivity index (χ4v) is 2.32. The number of halogens is 1. The van der Waals surface area contributed by atoms with E-state index in [4.69, 9.17) is 16.3 Å². The van der Waals surface area contributed by atoms with Gasteiger partial charge >= 0.3 is 0 Å². The fourth-order valence-electron chi connectivity index (χ4n) is 2.13. The van der Waals surface area contributed by atoms with Gasteiger partial charge in [0.1, 0.15) is 12.4 Å². The van der Waals surface area contributed by atoms with Gasteiger partial charge in [0, 0.05) is 24.7 Å². The Bertz CT molecular complexity index is 843. The first-order chi connectivity index (χ1) is 12.9. The molecule has 2 aromatic rings. The molecule has 27 heavy (non-hydrogen) atoms. The van der Waals surface area contributed by atoms with Crippen molar-refractivity contribution in [2.45, 2.75) is 0 Å². The fraction of sp³-hybridized carbons (Fsp3) is 0.222. The number of ether oxygens (including phenoxy) is 1. The summed E-state index contributed by atoms with van der Waals surface area (Å²) in [6.45, 7) is 0.311. The van der Waals surface area contributed by atoms with E-state index in [1.165, 1.54) is 23.1 Å². The Balaban J connectivity index is 1.79. The number of rotatable bonds is 8. The van der Waals surface area contributed by atoms with Gasteiger partial charge in [-0.25, -0.2) is 0 Å². The van der Waals surface area contributed by atoms with Crippen LogP contribution in [-0.2, 0) is 4.79 Å². The van der Waals surface area contributed by atoms with Crippen molar-refractivity contribution in [1.82, 2.24) is 10.2 Å². The molecular weight excluding hydrogens is 374 g/mol. The summed E-state index contributed by atoms with van der Waals surface area (Å²) in [7, 11) is 1.58. The summed E-state index contributed by atoms with van der Waals surface area (Å²) in [5.41, 5.74) is -0.0791. The second kappa shape index (κ2) is 9.54. The first kappa shape index (κ1) is 20.2. The van der Waals surface area contributed by atoms with Crippen LogP contribution in [0.15, 0.2) is 48.5 Å². The molecule has 142 valence electrons. The average molecular weight is 392 g/mol. The van der Waals surface area contributed by atoms with Gasteiger partial charge in [-0.15, -0.1) is 0 Å². The third kappa shape index (κ3) is 5.96. The van der Waals surface area contributed by atoms with Crippen molar-refractivity contribution >= 4 is 29.1 Å². The SMILES string of the molecule is CN(CCOc1ccccc1Cl)C(=O)CNC(=O)c1cccc([N+](=O)[O-])c1. The minimum absolute atomic E-state index is 0.113.